The van der Waals surface area contributed by atoms with E-state index in [4.69, 9.17) is 0 Å². The molecule has 3 nitrogen and oxygen atoms in total. The maximum absolute atomic E-state index is 10.9. The van der Waals surface area contributed by atoms with Crippen molar-refractivity contribution in [2.24, 2.45) is 0 Å². The molecule has 0 fully saturated rings. The van der Waals surface area contributed by atoms with Crippen LogP contribution >= 0.6 is 0 Å². The fourth-order valence-corrected chi connectivity index (χ4v) is 1.85. The lowest BCUT2D eigenvalue weighted by Gasteiger charge is -2.19. The highest BCUT2D eigenvalue weighted by Gasteiger charge is 2.07. The molecule has 0 spiro atoms. The molecule has 0 aliphatic rings. The molecule has 4 heteroatoms. The Bertz CT molecular complexity index is 207. The van der Waals surface area contributed by atoms with Crippen LogP contribution in [0.3, 0.4) is 0 Å². The first-order valence-corrected chi connectivity index (χ1v) is 7.95. The second-order valence-electron chi connectivity index (χ2n) is 3.47. The maximum atomic E-state index is 10.9. The third-order valence-corrected chi connectivity index (χ3v) is 2.78. The van der Waals surface area contributed by atoms with Crippen LogP contribution in [0.1, 0.15) is 40.5 Å². The molecule has 15 heavy (non-hydrogen) atoms. The monoisotopic (exact) mass is 237 g/mol. The molecular formula is C11H27NO2S. The van der Waals surface area contributed by atoms with Crippen LogP contribution in [0.5, 0.6) is 0 Å². The smallest absolute Gasteiger partial charge is 0.148 e. The van der Waals surface area contributed by atoms with Crippen LogP contribution in [0, 0.1) is 0 Å². The summed E-state index contributed by atoms with van der Waals surface area (Å²) in [5.74, 6) is 0.285. The van der Waals surface area contributed by atoms with Crippen molar-refractivity contribution < 1.29 is 8.42 Å². The Morgan fingerprint density at radius 3 is 1.60 bits per heavy atom. The van der Waals surface area contributed by atoms with E-state index in [2.05, 4.69) is 18.7 Å². The standard InChI is InChI=1S/C9H21NO2S.C2H6/c1-4-6-10(7-5-2)8-9-13(3,11)12;1-2/h4-9H2,1-3H3;1-2H3. The Morgan fingerprint density at radius 1 is 0.933 bits per heavy atom. The third kappa shape index (κ3) is 13.9. The van der Waals surface area contributed by atoms with Gasteiger partial charge < -0.3 is 4.90 Å². The first-order valence-electron chi connectivity index (χ1n) is 5.89. The van der Waals surface area contributed by atoms with Crippen LogP contribution in [-0.4, -0.2) is 45.0 Å². The number of nitrogens with zero attached hydrogens (tertiary/aromatic N) is 1. The first-order chi connectivity index (χ1) is 6.99. The van der Waals surface area contributed by atoms with Crippen molar-refractivity contribution in [3.05, 3.63) is 0 Å². The zero-order valence-corrected chi connectivity index (χ0v) is 11.7. The number of rotatable bonds is 7. The predicted octanol–water partition coefficient (Wildman–Crippen LogP) is 2.18. The molecule has 94 valence electrons. The summed E-state index contributed by atoms with van der Waals surface area (Å²) in [4.78, 5) is 2.21. The van der Waals surface area contributed by atoms with E-state index in [-0.39, 0.29) is 5.75 Å². The summed E-state index contributed by atoms with van der Waals surface area (Å²) < 4.78 is 21.8. The second-order valence-corrected chi connectivity index (χ2v) is 5.73. The van der Waals surface area contributed by atoms with E-state index in [1.165, 1.54) is 6.26 Å². The molecular weight excluding hydrogens is 210 g/mol. The van der Waals surface area contributed by atoms with Crippen molar-refractivity contribution in [3.63, 3.8) is 0 Å². The minimum absolute atomic E-state index is 0.285. The van der Waals surface area contributed by atoms with Crippen molar-refractivity contribution in [2.45, 2.75) is 40.5 Å². The topological polar surface area (TPSA) is 37.4 Å². The molecule has 0 saturated heterocycles. The highest BCUT2D eigenvalue weighted by Crippen LogP contribution is 1.95. The highest BCUT2D eigenvalue weighted by molar-refractivity contribution is 7.90. The molecule has 0 aromatic heterocycles. The summed E-state index contributed by atoms with van der Waals surface area (Å²) in [7, 11) is -2.80. The summed E-state index contributed by atoms with van der Waals surface area (Å²) in [6, 6.07) is 0. The Hall–Kier alpha value is -0.0900. The zero-order chi connectivity index (χ0) is 12.3. The van der Waals surface area contributed by atoms with Crippen molar-refractivity contribution in [3.8, 4) is 0 Å². The molecule has 0 unspecified atom stereocenters. The van der Waals surface area contributed by atoms with Crippen molar-refractivity contribution in [1.29, 1.82) is 0 Å². The SMILES string of the molecule is CC.CCCN(CCC)CCS(C)(=O)=O. The molecule has 0 saturated carbocycles. The lowest BCUT2D eigenvalue weighted by molar-refractivity contribution is 0.290. The molecule has 0 radical (unpaired) electrons. The van der Waals surface area contributed by atoms with Gasteiger partial charge in [-0.3, -0.25) is 0 Å². The van der Waals surface area contributed by atoms with Gasteiger partial charge in [-0.15, -0.1) is 0 Å². The molecule has 0 aromatic rings. The molecule has 0 atom stereocenters. The lowest BCUT2D eigenvalue weighted by Crippen LogP contribution is -2.30. The average Bonchev–Trinajstić information content (AvgIpc) is 2.17. The molecule has 0 bridgehead atoms. The van der Waals surface area contributed by atoms with Crippen LogP contribution in [0.2, 0.25) is 0 Å². The van der Waals surface area contributed by atoms with Gasteiger partial charge in [-0.05, 0) is 25.9 Å². The van der Waals surface area contributed by atoms with Gasteiger partial charge in [0.25, 0.3) is 0 Å². The van der Waals surface area contributed by atoms with Crippen LogP contribution < -0.4 is 0 Å². The van der Waals surface area contributed by atoms with Crippen LogP contribution in [-0.2, 0) is 9.84 Å². The van der Waals surface area contributed by atoms with E-state index in [0.717, 1.165) is 25.9 Å². The molecule has 0 N–H and O–H groups in total. The van der Waals surface area contributed by atoms with Gasteiger partial charge in [0.15, 0.2) is 0 Å². The van der Waals surface area contributed by atoms with Crippen molar-refractivity contribution in [1.82, 2.24) is 4.90 Å². The number of hydrogen-bond acceptors (Lipinski definition) is 3. The Balaban J connectivity index is 0. The van der Waals surface area contributed by atoms with Gasteiger partial charge in [-0.1, -0.05) is 27.7 Å². The molecule has 0 rings (SSSR count). The van der Waals surface area contributed by atoms with Gasteiger partial charge in [0, 0.05) is 12.8 Å². The van der Waals surface area contributed by atoms with Gasteiger partial charge in [0.2, 0.25) is 0 Å². The number of sulfone groups is 1. The maximum Gasteiger partial charge on any atom is 0.148 e. The summed E-state index contributed by atoms with van der Waals surface area (Å²) in [5, 5.41) is 0. The van der Waals surface area contributed by atoms with Crippen LogP contribution in [0.25, 0.3) is 0 Å². The minimum atomic E-state index is -2.80. The lowest BCUT2D eigenvalue weighted by atomic mass is 10.3. The first kappa shape index (κ1) is 17.3. The van der Waals surface area contributed by atoms with E-state index in [1.807, 2.05) is 13.8 Å². The molecule has 0 aliphatic heterocycles. The predicted molar refractivity (Wildman–Crippen MR) is 68.1 cm³/mol. The highest BCUT2D eigenvalue weighted by atomic mass is 32.2. The zero-order valence-electron chi connectivity index (χ0n) is 10.9. The van der Waals surface area contributed by atoms with E-state index in [1.54, 1.807) is 0 Å². The van der Waals surface area contributed by atoms with E-state index >= 15 is 0 Å². The van der Waals surface area contributed by atoms with Crippen LogP contribution in [0.4, 0.5) is 0 Å². The molecule has 0 heterocycles. The quantitative estimate of drug-likeness (QED) is 0.681. The van der Waals surface area contributed by atoms with Gasteiger partial charge in [-0.2, -0.15) is 0 Å². The minimum Gasteiger partial charge on any atom is -0.302 e. The van der Waals surface area contributed by atoms with Crippen molar-refractivity contribution >= 4 is 9.84 Å². The van der Waals surface area contributed by atoms with Gasteiger partial charge in [-0.25, -0.2) is 8.42 Å². The van der Waals surface area contributed by atoms with E-state index < -0.39 is 9.84 Å². The normalized spacial score (nSPS) is 11.1. The Kier molecular flexibility index (Phi) is 12.0. The largest absolute Gasteiger partial charge is 0.302 e. The summed E-state index contributed by atoms with van der Waals surface area (Å²) in [6.07, 6.45) is 3.47. The average molecular weight is 237 g/mol. The van der Waals surface area contributed by atoms with E-state index in [0.29, 0.717) is 6.54 Å². The van der Waals surface area contributed by atoms with Gasteiger partial charge in [0.05, 0.1) is 5.75 Å². The molecule has 0 aliphatic carbocycles. The fraction of sp³-hybridized carbons (Fsp3) is 1.00. The Labute approximate surface area is 95.8 Å². The summed E-state index contributed by atoms with van der Waals surface area (Å²) in [5.41, 5.74) is 0. The second kappa shape index (κ2) is 10.4. The van der Waals surface area contributed by atoms with Crippen LogP contribution in [0.15, 0.2) is 0 Å². The van der Waals surface area contributed by atoms with E-state index in [9.17, 15) is 8.42 Å². The molecule has 0 aromatic carbocycles. The summed E-state index contributed by atoms with van der Waals surface area (Å²) in [6.45, 7) is 10.9. The van der Waals surface area contributed by atoms with Gasteiger partial charge in [0.1, 0.15) is 9.84 Å². The summed E-state index contributed by atoms with van der Waals surface area (Å²) >= 11 is 0. The Morgan fingerprint density at radius 2 is 1.33 bits per heavy atom. The molecule has 0 amide bonds. The number of hydrogen-bond donors (Lipinski definition) is 0. The fourth-order valence-electron chi connectivity index (χ4n) is 1.26. The van der Waals surface area contributed by atoms with Gasteiger partial charge >= 0.3 is 0 Å². The third-order valence-electron chi connectivity index (χ3n) is 1.86. The van der Waals surface area contributed by atoms with Crippen molar-refractivity contribution in [2.75, 3.05) is 31.6 Å².